The molecule has 1 N–H and O–H groups in total. The van der Waals surface area contributed by atoms with Gasteiger partial charge < -0.3 is 5.32 Å². The Bertz CT molecular complexity index is 975. The van der Waals surface area contributed by atoms with Crippen molar-refractivity contribution in [3.63, 3.8) is 0 Å². The number of carbonyl (C=O) groups is 1. The van der Waals surface area contributed by atoms with Gasteiger partial charge in [0.1, 0.15) is 17.3 Å². The van der Waals surface area contributed by atoms with Crippen molar-refractivity contribution in [2.24, 2.45) is 0 Å². The van der Waals surface area contributed by atoms with Crippen LogP contribution in [-0.4, -0.2) is 15.8 Å². The lowest BCUT2D eigenvalue weighted by Gasteiger charge is -2.06. The molecular formula is C17H12N4O5. The second-order valence-electron chi connectivity index (χ2n) is 5.22. The van der Waals surface area contributed by atoms with Gasteiger partial charge in [-0.05, 0) is 30.7 Å². The van der Waals surface area contributed by atoms with Crippen molar-refractivity contribution in [2.45, 2.75) is 6.92 Å². The van der Waals surface area contributed by atoms with E-state index in [9.17, 15) is 30.3 Å². The van der Waals surface area contributed by atoms with E-state index in [2.05, 4.69) is 5.32 Å². The summed E-state index contributed by atoms with van der Waals surface area (Å²) >= 11 is 0. The number of nitrogens with one attached hydrogen (secondary N) is 1. The van der Waals surface area contributed by atoms with Gasteiger partial charge >= 0.3 is 0 Å². The fourth-order valence-corrected chi connectivity index (χ4v) is 2.17. The van der Waals surface area contributed by atoms with E-state index in [1.807, 2.05) is 0 Å². The molecule has 9 nitrogen and oxygen atoms in total. The van der Waals surface area contributed by atoms with Crippen molar-refractivity contribution in [1.82, 2.24) is 0 Å². The molecule has 130 valence electrons. The van der Waals surface area contributed by atoms with Gasteiger partial charge in [0.25, 0.3) is 17.3 Å². The van der Waals surface area contributed by atoms with Gasteiger partial charge in [-0.3, -0.25) is 25.0 Å². The van der Waals surface area contributed by atoms with E-state index < -0.39 is 21.3 Å². The molecule has 0 saturated heterocycles. The lowest BCUT2D eigenvalue weighted by molar-refractivity contribution is -0.385. The van der Waals surface area contributed by atoms with E-state index in [1.165, 1.54) is 36.4 Å². The maximum atomic E-state index is 12.3. The zero-order valence-corrected chi connectivity index (χ0v) is 13.5. The molecule has 0 saturated carbocycles. The number of amides is 1. The number of nitro groups is 2. The summed E-state index contributed by atoms with van der Waals surface area (Å²) in [6, 6.07) is 11.5. The van der Waals surface area contributed by atoms with Crippen LogP contribution in [0, 0.1) is 38.5 Å². The lowest BCUT2D eigenvalue weighted by Crippen LogP contribution is -2.14. The molecule has 1 amide bonds. The van der Waals surface area contributed by atoms with Crippen LogP contribution in [0.3, 0.4) is 0 Å². The molecule has 26 heavy (non-hydrogen) atoms. The van der Waals surface area contributed by atoms with Crippen LogP contribution in [0.15, 0.2) is 48.0 Å². The fourth-order valence-electron chi connectivity index (χ4n) is 2.17. The number of rotatable bonds is 5. The Morgan fingerprint density at radius 1 is 1.12 bits per heavy atom. The molecule has 2 rings (SSSR count). The number of nitriles is 1. The highest BCUT2D eigenvalue weighted by atomic mass is 16.6. The first kappa shape index (κ1) is 18.3. The van der Waals surface area contributed by atoms with E-state index in [-0.39, 0.29) is 22.6 Å². The molecule has 0 spiro atoms. The number of benzene rings is 2. The summed E-state index contributed by atoms with van der Waals surface area (Å²) in [6.45, 7) is 1.66. The predicted octanol–water partition coefficient (Wildman–Crippen LogP) is 3.36. The van der Waals surface area contributed by atoms with Gasteiger partial charge in [-0.25, -0.2) is 0 Å². The highest BCUT2D eigenvalue weighted by Gasteiger charge is 2.19. The van der Waals surface area contributed by atoms with Gasteiger partial charge in [0.05, 0.1) is 15.4 Å². The molecule has 0 fully saturated rings. The van der Waals surface area contributed by atoms with Crippen molar-refractivity contribution in [3.05, 3.63) is 79.4 Å². The Morgan fingerprint density at radius 2 is 1.77 bits per heavy atom. The van der Waals surface area contributed by atoms with E-state index in [4.69, 9.17) is 0 Å². The van der Waals surface area contributed by atoms with Gasteiger partial charge in [-0.1, -0.05) is 18.2 Å². The van der Waals surface area contributed by atoms with E-state index >= 15 is 0 Å². The standard InChI is InChI=1S/C17H12N4O5/c1-11-6-7-14(16(8-11)21(25)26)19-17(22)13(10-18)9-12-4-2-3-5-15(12)20(23)24/h2-9H,1H3,(H,19,22)/b13-9+. The Labute approximate surface area is 147 Å². The molecule has 0 atom stereocenters. The van der Waals surface area contributed by atoms with E-state index in [0.717, 1.165) is 6.08 Å². The normalized spacial score (nSPS) is 10.7. The van der Waals surface area contributed by atoms with Gasteiger partial charge in [0.2, 0.25) is 0 Å². The number of para-hydroxylation sites is 1. The number of aryl methyl sites for hydroxylation is 1. The molecule has 0 bridgehead atoms. The Kier molecular flexibility index (Phi) is 5.40. The quantitative estimate of drug-likeness (QED) is 0.379. The third-order valence-corrected chi connectivity index (χ3v) is 3.40. The SMILES string of the molecule is Cc1ccc(NC(=O)/C(C#N)=C/c2ccccc2[N+](=O)[O-])c([N+](=O)[O-])c1. The zero-order valence-electron chi connectivity index (χ0n) is 13.5. The number of carbonyl (C=O) groups excluding carboxylic acids is 1. The van der Waals surface area contributed by atoms with Crippen LogP contribution in [0.2, 0.25) is 0 Å². The second-order valence-corrected chi connectivity index (χ2v) is 5.22. The van der Waals surface area contributed by atoms with Crippen LogP contribution >= 0.6 is 0 Å². The number of hydrogen-bond donors (Lipinski definition) is 1. The second kappa shape index (κ2) is 7.67. The summed E-state index contributed by atoms with van der Waals surface area (Å²) in [6.07, 6.45) is 1.06. The van der Waals surface area contributed by atoms with Crippen LogP contribution in [-0.2, 0) is 4.79 Å². The zero-order chi connectivity index (χ0) is 19.3. The minimum Gasteiger partial charge on any atom is -0.316 e. The summed E-state index contributed by atoms with van der Waals surface area (Å²) < 4.78 is 0. The minimum atomic E-state index is -0.905. The van der Waals surface area contributed by atoms with Gasteiger partial charge in [0, 0.05) is 12.1 Å². The molecule has 0 aromatic heterocycles. The minimum absolute atomic E-state index is 0.0719. The fraction of sp³-hybridized carbons (Fsp3) is 0.0588. The molecular weight excluding hydrogens is 340 g/mol. The number of nitrogens with zero attached hydrogens (tertiary/aromatic N) is 3. The van der Waals surface area contributed by atoms with Crippen molar-refractivity contribution in [1.29, 1.82) is 5.26 Å². The maximum absolute atomic E-state index is 12.3. The van der Waals surface area contributed by atoms with E-state index in [1.54, 1.807) is 19.1 Å². The van der Waals surface area contributed by atoms with Crippen molar-refractivity contribution in [2.75, 3.05) is 5.32 Å². The number of nitro benzene ring substituents is 2. The summed E-state index contributed by atoms with van der Waals surface area (Å²) in [5, 5.41) is 33.6. The average Bonchev–Trinajstić information content (AvgIpc) is 2.61. The van der Waals surface area contributed by atoms with Crippen LogP contribution in [0.25, 0.3) is 6.08 Å². The molecule has 0 aliphatic heterocycles. The monoisotopic (exact) mass is 352 g/mol. The number of anilines is 1. The Morgan fingerprint density at radius 3 is 2.38 bits per heavy atom. The topological polar surface area (TPSA) is 139 Å². The Balaban J connectivity index is 2.39. The first-order valence-electron chi connectivity index (χ1n) is 7.25. The summed E-state index contributed by atoms with van der Waals surface area (Å²) in [4.78, 5) is 33.1. The third-order valence-electron chi connectivity index (χ3n) is 3.40. The van der Waals surface area contributed by atoms with Gasteiger partial charge in [-0.2, -0.15) is 5.26 Å². The predicted molar refractivity (Wildman–Crippen MR) is 93.1 cm³/mol. The molecule has 0 aliphatic rings. The van der Waals surface area contributed by atoms with Gasteiger partial charge in [-0.15, -0.1) is 0 Å². The average molecular weight is 352 g/mol. The molecule has 2 aromatic carbocycles. The highest BCUT2D eigenvalue weighted by Crippen LogP contribution is 2.26. The summed E-state index contributed by atoms with van der Waals surface area (Å²) in [5.74, 6) is -0.905. The largest absolute Gasteiger partial charge is 0.316 e. The highest BCUT2D eigenvalue weighted by molar-refractivity contribution is 6.10. The summed E-state index contributed by atoms with van der Waals surface area (Å²) in [7, 11) is 0. The molecule has 0 aliphatic carbocycles. The van der Waals surface area contributed by atoms with Crippen LogP contribution < -0.4 is 5.32 Å². The van der Waals surface area contributed by atoms with Crippen molar-refractivity contribution < 1.29 is 14.6 Å². The summed E-state index contributed by atoms with van der Waals surface area (Å²) in [5.41, 5.74) is -0.382. The lowest BCUT2D eigenvalue weighted by atomic mass is 10.1. The molecule has 0 radical (unpaired) electrons. The molecule has 9 heteroatoms. The third kappa shape index (κ3) is 4.07. The molecule has 2 aromatic rings. The van der Waals surface area contributed by atoms with E-state index in [0.29, 0.717) is 5.56 Å². The molecule has 0 heterocycles. The van der Waals surface area contributed by atoms with Crippen molar-refractivity contribution in [3.8, 4) is 6.07 Å². The smallest absolute Gasteiger partial charge is 0.293 e. The van der Waals surface area contributed by atoms with Crippen LogP contribution in [0.5, 0.6) is 0 Å². The number of hydrogen-bond acceptors (Lipinski definition) is 6. The molecule has 0 unspecified atom stereocenters. The van der Waals surface area contributed by atoms with Crippen LogP contribution in [0.4, 0.5) is 17.1 Å². The first-order valence-corrected chi connectivity index (χ1v) is 7.25. The maximum Gasteiger partial charge on any atom is 0.293 e. The Hall–Kier alpha value is -4.06. The van der Waals surface area contributed by atoms with Crippen molar-refractivity contribution >= 4 is 29.0 Å². The van der Waals surface area contributed by atoms with Gasteiger partial charge in [0.15, 0.2) is 0 Å². The first-order chi connectivity index (χ1) is 12.3. The van der Waals surface area contributed by atoms with Crippen LogP contribution in [0.1, 0.15) is 11.1 Å².